The van der Waals surface area contributed by atoms with Crippen molar-refractivity contribution in [3.05, 3.63) is 71.8 Å². The maximum atomic E-state index is 12.6. The fourth-order valence-corrected chi connectivity index (χ4v) is 3.33. The molecular formula is C23H26O7. The van der Waals surface area contributed by atoms with Crippen molar-refractivity contribution in [3.63, 3.8) is 0 Å². The summed E-state index contributed by atoms with van der Waals surface area (Å²) in [6, 6.07) is 18.1. The average Bonchev–Trinajstić information content (AvgIpc) is 2.76. The van der Waals surface area contributed by atoms with E-state index < -0.39 is 42.5 Å². The quantitative estimate of drug-likeness (QED) is 0.696. The minimum Gasteiger partial charge on any atom is -0.463 e. The van der Waals surface area contributed by atoms with Gasteiger partial charge in [-0.15, -0.1) is 0 Å². The maximum Gasteiger partial charge on any atom is 0.338 e. The van der Waals surface area contributed by atoms with Gasteiger partial charge in [-0.3, -0.25) is 4.79 Å². The minimum atomic E-state index is -1.15. The molecule has 1 saturated heterocycles. The Hall–Kier alpha value is -2.74. The second-order valence-electron chi connectivity index (χ2n) is 7.17. The summed E-state index contributed by atoms with van der Waals surface area (Å²) in [6.07, 6.45) is -4.23. The molecule has 1 fully saturated rings. The predicted octanol–water partition coefficient (Wildman–Crippen LogP) is 2.51. The molecule has 1 heterocycles. The van der Waals surface area contributed by atoms with Crippen LogP contribution in [0.25, 0.3) is 0 Å². The highest BCUT2D eigenvalue weighted by Crippen LogP contribution is 2.28. The molecular weight excluding hydrogens is 388 g/mol. The number of rotatable bonds is 7. The Morgan fingerprint density at radius 2 is 1.63 bits per heavy atom. The highest BCUT2D eigenvalue weighted by atomic mass is 16.6. The maximum absolute atomic E-state index is 12.6. The number of aliphatic hydroxyl groups is 1. The molecule has 1 N–H and O–H groups in total. The summed E-state index contributed by atoms with van der Waals surface area (Å²) in [4.78, 5) is 23.8. The fraction of sp³-hybridized carbons (Fsp3) is 0.391. The molecule has 5 atom stereocenters. The third kappa shape index (κ3) is 5.66. The lowest BCUT2D eigenvalue weighted by molar-refractivity contribution is -0.241. The van der Waals surface area contributed by atoms with E-state index >= 15 is 0 Å². The fourth-order valence-electron chi connectivity index (χ4n) is 3.33. The van der Waals surface area contributed by atoms with Gasteiger partial charge < -0.3 is 24.1 Å². The lowest BCUT2D eigenvalue weighted by atomic mass is 9.95. The van der Waals surface area contributed by atoms with Crippen LogP contribution in [0.1, 0.15) is 29.8 Å². The van der Waals surface area contributed by atoms with E-state index in [-0.39, 0.29) is 13.2 Å². The summed E-state index contributed by atoms with van der Waals surface area (Å²) in [7, 11) is 0. The number of hydrogen-bond acceptors (Lipinski definition) is 7. The van der Waals surface area contributed by atoms with Crippen LogP contribution in [0.2, 0.25) is 0 Å². The first kappa shape index (κ1) is 22.0. The first-order chi connectivity index (χ1) is 14.5. The van der Waals surface area contributed by atoms with E-state index in [9.17, 15) is 14.7 Å². The molecule has 0 bridgehead atoms. The summed E-state index contributed by atoms with van der Waals surface area (Å²) in [5.41, 5.74) is 1.30. The van der Waals surface area contributed by atoms with E-state index in [0.717, 1.165) is 5.56 Å². The van der Waals surface area contributed by atoms with Crippen LogP contribution in [-0.4, -0.2) is 54.2 Å². The molecule has 0 amide bonds. The number of esters is 2. The highest BCUT2D eigenvalue weighted by molar-refractivity contribution is 5.89. The molecule has 0 aliphatic carbocycles. The summed E-state index contributed by atoms with van der Waals surface area (Å²) < 4.78 is 22.5. The van der Waals surface area contributed by atoms with E-state index in [4.69, 9.17) is 18.9 Å². The summed E-state index contributed by atoms with van der Waals surface area (Å²) >= 11 is 0. The van der Waals surface area contributed by atoms with Gasteiger partial charge in [0.25, 0.3) is 0 Å². The molecule has 7 nitrogen and oxygen atoms in total. The van der Waals surface area contributed by atoms with Crippen LogP contribution in [0.3, 0.4) is 0 Å². The molecule has 3 rings (SSSR count). The number of ether oxygens (including phenoxy) is 4. The third-order valence-electron chi connectivity index (χ3n) is 4.88. The summed E-state index contributed by atoms with van der Waals surface area (Å²) in [5.74, 6) is -1.01. The van der Waals surface area contributed by atoms with Crippen LogP contribution in [0.4, 0.5) is 0 Å². The van der Waals surface area contributed by atoms with Gasteiger partial charge in [-0.05, 0) is 24.6 Å². The normalized spacial score (nSPS) is 26.0. The lowest BCUT2D eigenvalue weighted by Crippen LogP contribution is -2.60. The van der Waals surface area contributed by atoms with E-state index in [2.05, 4.69) is 0 Å². The number of aliphatic hydroxyl groups excluding tert-OH is 1. The number of carbonyl (C=O) groups is 2. The standard InChI is InChI=1S/C23H26O7/c1-15-21(30-23(26)18-11-7-4-8-12-18)22(28-13-17-9-5-3-6-10-17)20(25)19(29-15)14-27-16(2)24/h3-12,15,19-22,25H,13-14H2,1-2H3/t15?,19-,20+,21?,22?/m0/s1. The van der Waals surface area contributed by atoms with Gasteiger partial charge in [0.15, 0.2) is 6.10 Å². The Labute approximate surface area is 175 Å². The Balaban J connectivity index is 1.76. The third-order valence-corrected chi connectivity index (χ3v) is 4.88. The van der Waals surface area contributed by atoms with Crippen molar-refractivity contribution >= 4 is 11.9 Å². The topological polar surface area (TPSA) is 91.3 Å². The van der Waals surface area contributed by atoms with Crippen LogP contribution in [0.15, 0.2) is 60.7 Å². The van der Waals surface area contributed by atoms with Gasteiger partial charge in [-0.1, -0.05) is 48.5 Å². The van der Waals surface area contributed by atoms with Gasteiger partial charge in [0.1, 0.15) is 24.9 Å². The largest absolute Gasteiger partial charge is 0.463 e. The van der Waals surface area contributed by atoms with Crippen molar-refractivity contribution in [1.82, 2.24) is 0 Å². The molecule has 3 unspecified atom stereocenters. The molecule has 1 aliphatic heterocycles. The number of hydrogen-bond donors (Lipinski definition) is 1. The van der Waals surface area contributed by atoms with Crippen molar-refractivity contribution in [3.8, 4) is 0 Å². The molecule has 30 heavy (non-hydrogen) atoms. The predicted molar refractivity (Wildman–Crippen MR) is 108 cm³/mol. The molecule has 7 heteroatoms. The molecule has 0 aromatic heterocycles. The molecule has 1 aliphatic rings. The average molecular weight is 414 g/mol. The summed E-state index contributed by atoms with van der Waals surface area (Å²) in [6.45, 7) is 3.11. The number of carbonyl (C=O) groups excluding carboxylic acids is 2. The molecule has 160 valence electrons. The van der Waals surface area contributed by atoms with Crippen molar-refractivity contribution in [2.45, 2.75) is 51.0 Å². The van der Waals surface area contributed by atoms with Gasteiger partial charge in [0.05, 0.1) is 18.3 Å². The van der Waals surface area contributed by atoms with Crippen LogP contribution in [-0.2, 0) is 30.3 Å². The summed E-state index contributed by atoms with van der Waals surface area (Å²) in [5, 5.41) is 10.9. The van der Waals surface area contributed by atoms with Crippen molar-refractivity contribution in [2.75, 3.05) is 6.61 Å². The zero-order valence-corrected chi connectivity index (χ0v) is 17.0. The van der Waals surface area contributed by atoms with E-state index in [1.807, 2.05) is 30.3 Å². The molecule has 0 radical (unpaired) electrons. The SMILES string of the molecule is CC(=O)OC[C@@H]1OC(C)C(OC(=O)c2ccccc2)C(OCc2ccccc2)[C@@H]1O. The molecule has 0 spiro atoms. The Bertz CT molecular complexity index is 824. The lowest BCUT2D eigenvalue weighted by Gasteiger charge is -2.42. The second kappa shape index (κ2) is 10.3. The zero-order valence-electron chi connectivity index (χ0n) is 17.0. The van der Waals surface area contributed by atoms with Gasteiger partial charge in [-0.25, -0.2) is 4.79 Å². The molecule has 2 aromatic carbocycles. The Morgan fingerprint density at radius 3 is 2.27 bits per heavy atom. The van der Waals surface area contributed by atoms with E-state index in [1.54, 1.807) is 37.3 Å². The first-order valence-electron chi connectivity index (χ1n) is 9.84. The van der Waals surface area contributed by atoms with Crippen LogP contribution < -0.4 is 0 Å². The van der Waals surface area contributed by atoms with E-state index in [0.29, 0.717) is 5.56 Å². The minimum absolute atomic E-state index is 0.120. The number of benzene rings is 2. The van der Waals surface area contributed by atoms with Crippen LogP contribution in [0.5, 0.6) is 0 Å². The Morgan fingerprint density at radius 1 is 1.00 bits per heavy atom. The first-order valence-corrected chi connectivity index (χ1v) is 9.84. The van der Waals surface area contributed by atoms with Crippen LogP contribution >= 0.6 is 0 Å². The zero-order chi connectivity index (χ0) is 21.5. The van der Waals surface area contributed by atoms with Gasteiger partial charge in [-0.2, -0.15) is 0 Å². The van der Waals surface area contributed by atoms with Gasteiger partial charge in [0.2, 0.25) is 0 Å². The van der Waals surface area contributed by atoms with Gasteiger partial charge in [0, 0.05) is 6.92 Å². The Kier molecular flexibility index (Phi) is 7.57. The van der Waals surface area contributed by atoms with Crippen molar-refractivity contribution < 1.29 is 33.6 Å². The highest BCUT2D eigenvalue weighted by Gasteiger charge is 2.47. The smallest absolute Gasteiger partial charge is 0.338 e. The van der Waals surface area contributed by atoms with Crippen molar-refractivity contribution in [1.29, 1.82) is 0 Å². The second-order valence-corrected chi connectivity index (χ2v) is 7.17. The molecule has 0 saturated carbocycles. The molecule has 2 aromatic rings. The van der Waals surface area contributed by atoms with Gasteiger partial charge >= 0.3 is 11.9 Å². The van der Waals surface area contributed by atoms with E-state index in [1.165, 1.54) is 6.92 Å². The monoisotopic (exact) mass is 414 g/mol. The van der Waals surface area contributed by atoms with Crippen LogP contribution in [0, 0.1) is 0 Å². The van der Waals surface area contributed by atoms with Crippen molar-refractivity contribution in [2.24, 2.45) is 0 Å².